The van der Waals surface area contributed by atoms with Crippen LogP contribution in [0, 0.1) is 0 Å². The van der Waals surface area contributed by atoms with Gasteiger partial charge < -0.3 is 5.11 Å². The molecule has 0 aliphatic heterocycles. The first-order chi connectivity index (χ1) is 10.2. The third-order valence-corrected chi connectivity index (χ3v) is 3.16. The van der Waals surface area contributed by atoms with Gasteiger partial charge in [-0.2, -0.15) is 5.10 Å². The van der Waals surface area contributed by atoms with Crippen LogP contribution in [0.1, 0.15) is 29.5 Å². The predicted octanol–water partition coefficient (Wildman–Crippen LogP) is 2.44. The van der Waals surface area contributed by atoms with Gasteiger partial charge in [-0.05, 0) is 24.6 Å². The summed E-state index contributed by atoms with van der Waals surface area (Å²) in [4.78, 5) is 20.0. The van der Waals surface area contributed by atoms with E-state index in [0.29, 0.717) is 11.3 Å². The van der Waals surface area contributed by atoms with Crippen molar-refractivity contribution >= 4 is 11.6 Å². The Labute approximate surface area is 121 Å². The molecule has 3 aromatic rings. The van der Waals surface area contributed by atoms with Gasteiger partial charge in [0.2, 0.25) is 0 Å². The fraction of sp³-hybridized carbons (Fsp3) is 0.200. The number of carboxylic acids is 1. The summed E-state index contributed by atoms with van der Waals surface area (Å²) in [6, 6.07) is 6.99. The first-order valence-corrected chi connectivity index (χ1v) is 6.72. The molecule has 0 radical (unpaired) electrons. The first kappa shape index (κ1) is 13.2. The minimum Gasteiger partial charge on any atom is -0.477 e. The van der Waals surface area contributed by atoms with Gasteiger partial charge >= 0.3 is 5.97 Å². The predicted molar refractivity (Wildman–Crippen MR) is 77.2 cm³/mol. The Morgan fingerprint density at radius 3 is 2.90 bits per heavy atom. The van der Waals surface area contributed by atoms with Crippen molar-refractivity contribution < 1.29 is 9.90 Å². The second-order valence-corrected chi connectivity index (χ2v) is 4.73. The zero-order chi connectivity index (χ0) is 14.8. The van der Waals surface area contributed by atoms with E-state index in [-0.39, 0.29) is 5.69 Å². The van der Waals surface area contributed by atoms with Gasteiger partial charge in [0.1, 0.15) is 0 Å². The molecule has 0 aliphatic carbocycles. The number of hydrogen-bond acceptors (Lipinski definition) is 4. The average Bonchev–Trinajstić information content (AvgIpc) is 2.89. The van der Waals surface area contributed by atoms with Crippen molar-refractivity contribution in [2.75, 3.05) is 0 Å². The van der Waals surface area contributed by atoms with Crippen molar-refractivity contribution in [3.63, 3.8) is 0 Å². The Bertz CT molecular complexity index is 796. The summed E-state index contributed by atoms with van der Waals surface area (Å²) >= 11 is 0. The number of aryl methyl sites for hydroxylation is 1. The van der Waals surface area contributed by atoms with E-state index in [9.17, 15) is 9.90 Å². The van der Waals surface area contributed by atoms with E-state index in [0.717, 1.165) is 24.1 Å². The Morgan fingerprint density at radius 1 is 1.38 bits per heavy atom. The quantitative estimate of drug-likeness (QED) is 0.795. The minimum atomic E-state index is -1.03. The van der Waals surface area contributed by atoms with Crippen molar-refractivity contribution in [2.45, 2.75) is 19.8 Å². The summed E-state index contributed by atoms with van der Waals surface area (Å²) in [5.74, 6) is -1.03. The van der Waals surface area contributed by atoms with E-state index < -0.39 is 5.97 Å². The van der Waals surface area contributed by atoms with Gasteiger partial charge in [-0.25, -0.2) is 14.3 Å². The lowest BCUT2D eigenvalue weighted by Gasteiger charge is -2.04. The SMILES string of the molecule is CCCc1cc2nc(-c3cccnc3)cc(C(=O)O)n2n1. The second-order valence-electron chi connectivity index (χ2n) is 4.73. The fourth-order valence-corrected chi connectivity index (χ4v) is 2.21. The fourth-order valence-electron chi connectivity index (χ4n) is 2.21. The number of pyridine rings is 1. The molecule has 0 saturated carbocycles. The summed E-state index contributed by atoms with van der Waals surface area (Å²) in [5.41, 5.74) is 2.84. The lowest BCUT2D eigenvalue weighted by molar-refractivity contribution is 0.0687. The Hall–Kier alpha value is -2.76. The van der Waals surface area contributed by atoms with Crippen LogP contribution in [0.2, 0.25) is 0 Å². The molecule has 0 spiro atoms. The Kier molecular flexibility index (Phi) is 3.35. The summed E-state index contributed by atoms with van der Waals surface area (Å²) in [7, 11) is 0. The molecule has 3 heterocycles. The van der Waals surface area contributed by atoms with E-state index in [2.05, 4.69) is 22.0 Å². The number of aromatic nitrogens is 4. The van der Waals surface area contributed by atoms with Gasteiger partial charge in [0.25, 0.3) is 0 Å². The molecule has 6 heteroatoms. The van der Waals surface area contributed by atoms with Crippen LogP contribution >= 0.6 is 0 Å². The van der Waals surface area contributed by atoms with Gasteiger partial charge in [-0.1, -0.05) is 13.3 Å². The Morgan fingerprint density at radius 2 is 2.24 bits per heavy atom. The highest BCUT2D eigenvalue weighted by Crippen LogP contribution is 2.19. The lowest BCUT2D eigenvalue weighted by atomic mass is 10.2. The summed E-state index contributed by atoms with van der Waals surface area (Å²) in [5, 5.41) is 13.7. The zero-order valence-corrected chi connectivity index (χ0v) is 11.5. The van der Waals surface area contributed by atoms with E-state index in [1.54, 1.807) is 18.5 Å². The maximum absolute atomic E-state index is 11.5. The molecular formula is C15H14N4O2. The molecule has 3 aromatic heterocycles. The molecule has 0 unspecified atom stereocenters. The average molecular weight is 282 g/mol. The van der Waals surface area contributed by atoms with Crippen LogP contribution in [0.5, 0.6) is 0 Å². The number of rotatable bonds is 4. The van der Waals surface area contributed by atoms with Gasteiger partial charge in [0.05, 0.1) is 11.4 Å². The molecule has 3 rings (SSSR count). The third kappa shape index (κ3) is 2.47. The molecule has 0 bridgehead atoms. The van der Waals surface area contributed by atoms with Crippen LogP contribution in [0.15, 0.2) is 36.7 Å². The standard InChI is InChI=1S/C15H14N4O2/c1-2-4-11-7-14-17-12(10-5-3-6-16-9-10)8-13(15(20)21)19(14)18-11/h3,5-9H,2,4H2,1H3,(H,20,21). The van der Waals surface area contributed by atoms with Crippen LogP contribution in [0.25, 0.3) is 16.9 Å². The van der Waals surface area contributed by atoms with Crippen molar-refractivity contribution in [1.29, 1.82) is 0 Å². The van der Waals surface area contributed by atoms with Gasteiger partial charge in [0, 0.05) is 24.0 Å². The van der Waals surface area contributed by atoms with Crippen molar-refractivity contribution in [3.05, 3.63) is 48.0 Å². The number of carboxylic acid groups (broad SMARTS) is 1. The van der Waals surface area contributed by atoms with Gasteiger partial charge in [-0.3, -0.25) is 4.98 Å². The van der Waals surface area contributed by atoms with Crippen molar-refractivity contribution in [1.82, 2.24) is 19.6 Å². The van der Waals surface area contributed by atoms with Crippen molar-refractivity contribution in [3.8, 4) is 11.3 Å². The van der Waals surface area contributed by atoms with Crippen LogP contribution in [-0.2, 0) is 6.42 Å². The number of hydrogen-bond donors (Lipinski definition) is 1. The van der Waals surface area contributed by atoms with E-state index in [1.165, 1.54) is 10.6 Å². The molecule has 0 atom stereocenters. The minimum absolute atomic E-state index is 0.0983. The highest BCUT2D eigenvalue weighted by molar-refractivity contribution is 5.88. The summed E-state index contributed by atoms with van der Waals surface area (Å²) in [6.45, 7) is 2.05. The smallest absolute Gasteiger partial charge is 0.354 e. The van der Waals surface area contributed by atoms with E-state index >= 15 is 0 Å². The maximum Gasteiger partial charge on any atom is 0.354 e. The number of carbonyl (C=O) groups is 1. The highest BCUT2D eigenvalue weighted by atomic mass is 16.4. The molecule has 1 N–H and O–H groups in total. The topological polar surface area (TPSA) is 80.4 Å². The van der Waals surface area contributed by atoms with Crippen LogP contribution in [0.4, 0.5) is 0 Å². The van der Waals surface area contributed by atoms with E-state index in [1.807, 2.05) is 12.1 Å². The second kappa shape index (κ2) is 5.32. The van der Waals surface area contributed by atoms with Crippen LogP contribution in [-0.4, -0.2) is 30.7 Å². The number of fused-ring (bicyclic) bond motifs is 1. The number of aromatic carboxylic acids is 1. The largest absolute Gasteiger partial charge is 0.477 e. The molecule has 0 aromatic carbocycles. The van der Waals surface area contributed by atoms with Gasteiger partial charge in [-0.15, -0.1) is 0 Å². The normalized spacial score (nSPS) is 10.9. The maximum atomic E-state index is 11.5. The summed E-state index contributed by atoms with van der Waals surface area (Å²) in [6.07, 6.45) is 5.07. The highest BCUT2D eigenvalue weighted by Gasteiger charge is 2.15. The first-order valence-electron chi connectivity index (χ1n) is 6.72. The van der Waals surface area contributed by atoms with E-state index in [4.69, 9.17) is 0 Å². The third-order valence-electron chi connectivity index (χ3n) is 3.16. The monoisotopic (exact) mass is 282 g/mol. The lowest BCUT2D eigenvalue weighted by Crippen LogP contribution is -2.08. The zero-order valence-electron chi connectivity index (χ0n) is 11.5. The molecular weight excluding hydrogens is 268 g/mol. The molecule has 6 nitrogen and oxygen atoms in total. The van der Waals surface area contributed by atoms with Crippen molar-refractivity contribution in [2.24, 2.45) is 0 Å². The molecule has 21 heavy (non-hydrogen) atoms. The molecule has 0 fully saturated rings. The molecule has 0 aliphatic rings. The van der Waals surface area contributed by atoms with Crippen LogP contribution < -0.4 is 0 Å². The molecule has 106 valence electrons. The van der Waals surface area contributed by atoms with Crippen LogP contribution in [0.3, 0.4) is 0 Å². The summed E-state index contributed by atoms with van der Waals surface area (Å²) < 4.78 is 1.38. The number of nitrogens with zero attached hydrogens (tertiary/aromatic N) is 4. The molecule has 0 amide bonds. The van der Waals surface area contributed by atoms with Gasteiger partial charge in [0.15, 0.2) is 11.3 Å². The molecule has 0 saturated heterocycles. The Balaban J connectivity index is 2.22.